The van der Waals surface area contributed by atoms with Gasteiger partial charge in [0, 0.05) is 10.5 Å². The normalized spacial score (nSPS) is 13.0. The minimum Gasteiger partial charge on any atom is -0.454 e. The van der Waals surface area contributed by atoms with Crippen molar-refractivity contribution in [2.75, 3.05) is 17.7 Å². The zero-order valence-electron chi connectivity index (χ0n) is 12.4. The molecular weight excluding hydrogens is 333 g/mol. The maximum absolute atomic E-state index is 12.8. The van der Waals surface area contributed by atoms with Crippen LogP contribution in [0.25, 0.3) is 0 Å². The van der Waals surface area contributed by atoms with Crippen molar-refractivity contribution in [1.29, 1.82) is 0 Å². The van der Waals surface area contributed by atoms with Crippen LogP contribution in [0.4, 0.5) is 10.1 Å². The first-order chi connectivity index (χ1) is 11.5. The van der Waals surface area contributed by atoms with Crippen molar-refractivity contribution in [3.63, 3.8) is 0 Å². The second kappa shape index (κ2) is 6.84. The van der Waals surface area contributed by atoms with Crippen LogP contribution in [0.15, 0.2) is 47.4 Å². The highest BCUT2D eigenvalue weighted by Crippen LogP contribution is 2.32. The number of carbonyl (C=O) groups excluding carboxylic acids is 3. The minimum absolute atomic E-state index is 0.135. The van der Waals surface area contributed by atoms with Gasteiger partial charge in [-0.05, 0) is 42.5 Å². The number of thioether (sulfide) groups is 1. The van der Waals surface area contributed by atoms with Gasteiger partial charge in [-0.3, -0.25) is 9.59 Å². The number of hydrogen-bond donors (Lipinski definition) is 1. The lowest BCUT2D eigenvalue weighted by atomic mass is 10.1. The van der Waals surface area contributed by atoms with Gasteiger partial charge in [0.25, 0.3) is 0 Å². The van der Waals surface area contributed by atoms with Crippen molar-refractivity contribution in [2.24, 2.45) is 0 Å². The fraction of sp³-hybridized carbons (Fsp3) is 0.118. The summed E-state index contributed by atoms with van der Waals surface area (Å²) in [5, 5.41) is 2.68. The fourth-order valence-corrected chi connectivity index (χ4v) is 2.93. The third-order valence-corrected chi connectivity index (χ3v) is 4.42. The first kappa shape index (κ1) is 16.2. The molecule has 1 aliphatic rings. The van der Waals surface area contributed by atoms with E-state index in [4.69, 9.17) is 4.74 Å². The van der Waals surface area contributed by atoms with E-state index < -0.39 is 24.2 Å². The quantitative estimate of drug-likeness (QED) is 0.681. The molecule has 2 aromatic rings. The number of carbonyl (C=O) groups is 3. The number of anilines is 1. The predicted octanol–water partition coefficient (Wildman–Crippen LogP) is 2.91. The van der Waals surface area contributed by atoms with E-state index in [9.17, 15) is 18.8 Å². The van der Waals surface area contributed by atoms with Crippen LogP contribution in [0.2, 0.25) is 0 Å². The molecule has 0 unspecified atom stereocenters. The number of ether oxygens (including phenoxy) is 1. The summed E-state index contributed by atoms with van der Waals surface area (Å²) >= 11 is 1.38. The summed E-state index contributed by atoms with van der Waals surface area (Å²) in [5.41, 5.74) is 1.05. The highest BCUT2D eigenvalue weighted by atomic mass is 32.2. The maximum atomic E-state index is 12.8. The number of Topliss-reactive ketones (excluding diaryl/α,β-unsaturated/α-hetero) is 1. The summed E-state index contributed by atoms with van der Waals surface area (Å²) in [5.74, 6) is -1.34. The molecule has 3 rings (SSSR count). The third kappa shape index (κ3) is 3.62. The molecule has 122 valence electrons. The molecule has 7 heteroatoms. The van der Waals surface area contributed by atoms with Crippen LogP contribution in [0.3, 0.4) is 0 Å². The SMILES string of the molecule is O=C1CSc2ccc(C(=O)OCC(=O)c3ccc(F)cc3)cc2N1. The van der Waals surface area contributed by atoms with Crippen LogP contribution in [0, 0.1) is 5.82 Å². The Morgan fingerprint density at radius 2 is 1.83 bits per heavy atom. The van der Waals surface area contributed by atoms with Crippen molar-refractivity contribution < 1.29 is 23.5 Å². The Bertz CT molecular complexity index is 820. The number of esters is 1. The van der Waals surface area contributed by atoms with Gasteiger partial charge in [0.2, 0.25) is 5.91 Å². The maximum Gasteiger partial charge on any atom is 0.338 e. The van der Waals surface area contributed by atoms with Gasteiger partial charge in [-0.25, -0.2) is 9.18 Å². The topological polar surface area (TPSA) is 72.5 Å². The largest absolute Gasteiger partial charge is 0.454 e. The summed E-state index contributed by atoms with van der Waals surface area (Å²) in [6.45, 7) is -0.442. The van der Waals surface area contributed by atoms with E-state index in [0.29, 0.717) is 11.4 Å². The number of fused-ring (bicyclic) bond motifs is 1. The zero-order chi connectivity index (χ0) is 17.1. The standard InChI is InChI=1S/C17H12FNO4S/c18-12-4-1-10(2-5-12)14(20)8-23-17(22)11-3-6-15-13(7-11)19-16(21)9-24-15/h1-7H,8-9H2,(H,19,21). The average molecular weight is 345 g/mol. The van der Waals surface area contributed by atoms with Gasteiger partial charge in [0.15, 0.2) is 12.4 Å². The number of ketones is 1. The van der Waals surface area contributed by atoms with Gasteiger partial charge in [-0.15, -0.1) is 11.8 Å². The Morgan fingerprint density at radius 1 is 1.12 bits per heavy atom. The van der Waals surface area contributed by atoms with Crippen LogP contribution in [0.1, 0.15) is 20.7 Å². The highest BCUT2D eigenvalue weighted by Gasteiger charge is 2.18. The van der Waals surface area contributed by atoms with Crippen molar-refractivity contribution >= 4 is 35.1 Å². The molecule has 1 N–H and O–H groups in total. The molecule has 0 saturated heterocycles. The van der Waals surface area contributed by atoms with Crippen molar-refractivity contribution in [2.45, 2.75) is 4.90 Å². The molecule has 0 bridgehead atoms. The molecule has 0 saturated carbocycles. The Balaban J connectivity index is 1.65. The molecule has 0 atom stereocenters. The lowest BCUT2D eigenvalue weighted by Gasteiger charge is -2.16. The summed E-state index contributed by atoms with van der Waals surface area (Å²) in [6.07, 6.45) is 0. The van der Waals surface area contributed by atoms with Crippen LogP contribution < -0.4 is 5.32 Å². The third-order valence-electron chi connectivity index (χ3n) is 3.35. The van der Waals surface area contributed by atoms with E-state index in [1.807, 2.05) is 0 Å². The van der Waals surface area contributed by atoms with Crippen LogP contribution in [-0.2, 0) is 9.53 Å². The molecule has 0 radical (unpaired) electrons. The lowest BCUT2D eigenvalue weighted by molar-refractivity contribution is -0.113. The molecule has 1 aliphatic heterocycles. The van der Waals surface area contributed by atoms with Gasteiger partial charge < -0.3 is 10.1 Å². The number of halogens is 1. The van der Waals surface area contributed by atoms with Crippen molar-refractivity contribution in [3.8, 4) is 0 Å². The predicted molar refractivity (Wildman–Crippen MR) is 86.8 cm³/mol. The molecule has 0 fully saturated rings. The second-order valence-electron chi connectivity index (χ2n) is 5.05. The Morgan fingerprint density at radius 3 is 2.58 bits per heavy atom. The number of rotatable bonds is 4. The summed E-state index contributed by atoms with van der Waals surface area (Å²) in [7, 11) is 0. The summed E-state index contributed by atoms with van der Waals surface area (Å²) < 4.78 is 17.8. The fourth-order valence-electron chi connectivity index (χ4n) is 2.14. The van der Waals surface area contributed by atoms with Crippen molar-refractivity contribution in [3.05, 3.63) is 59.4 Å². The van der Waals surface area contributed by atoms with E-state index in [1.54, 1.807) is 12.1 Å². The second-order valence-corrected chi connectivity index (χ2v) is 6.07. The molecule has 0 spiro atoms. The van der Waals surface area contributed by atoms with Crippen LogP contribution in [0.5, 0.6) is 0 Å². The highest BCUT2D eigenvalue weighted by molar-refractivity contribution is 8.00. The monoisotopic (exact) mass is 345 g/mol. The Kier molecular flexibility index (Phi) is 4.61. The lowest BCUT2D eigenvalue weighted by Crippen LogP contribution is -2.19. The summed E-state index contributed by atoms with van der Waals surface area (Å²) in [6, 6.07) is 9.81. The zero-order valence-corrected chi connectivity index (χ0v) is 13.2. The first-order valence-electron chi connectivity index (χ1n) is 7.05. The van der Waals surface area contributed by atoms with Crippen molar-refractivity contribution in [1.82, 2.24) is 0 Å². The van der Waals surface area contributed by atoms with E-state index in [0.717, 1.165) is 4.90 Å². The number of hydrogen-bond acceptors (Lipinski definition) is 5. The van der Waals surface area contributed by atoms with E-state index in [1.165, 1.54) is 42.1 Å². The van der Waals surface area contributed by atoms with Gasteiger partial charge in [-0.2, -0.15) is 0 Å². The molecule has 24 heavy (non-hydrogen) atoms. The molecule has 5 nitrogen and oxygen atoms in total. The van der Waals surface area contributed by atoms with Gasteiger partial charge in [-0.1, -0.05) is 0 Å². The van der Waals surface area contributed by atoms with Gasteiger partial charge in [0.05, 0.1) is 17.0 Å². The van der Waals surface area contributed by atoms with E-state index in [2.05, 4.69) is 5.32 Å². The van der Waals surface area contributed by atoms with Crippen LogP contribution >= 0.6 is 11.8 Å². The van der Waals surface area contributed by atoms with E-state index >= 15 is 0 Å². The average Bonchev–Trinajstić information content (AvgIpc) is 2.59. The minimum atomic E-state index is -0.668. The molecule has 0 aromatic heterocycles. The molecule has 2 aromatic carbocycles. The smallest absolute Gasteiger partial charge is 0.338 e. The van der Waals surface area contributed by atoms with Gasteiger partial charge >= 0.3 is 5.97 Å². The van der Waals surface area contributed by atoms with E-state index in [-0.39, 0.29) is 17.0 Å². The summed E-state index contributed by atoms with van der Waals surface area (Å²) in [4.78, 5) is 36.2. The first-order valence-corrected chi connectivity index (χ1v) is 8.04. The molecule has 1 amide bonds. The Hall–Kier alpha value is -2.67. The molecular formula is C17H12FNO4S. The number of amides is 1. The number of nitrogens with one attached hydrogen (secondary N) is 1. The molecule has 1 heterocycles. The van der Waals surface area contributed by atoms with Crippen LogP contribution in [-0.4, -0.2) is 30.0 Å². The van der Waals surface area contributed by atoms with Gasteiger partial charge in [0.1, 0.15) is 5.82 Å². The molecule has 0 aliphatic carbocycles. The Labute approximate surface area is 141 Å². The number of benzene rings is 2.